The molecule has 2 aromatic heterocycles. The van der Waals surface area contributed by atoms with E-state index in [0.717, 1.165) is 4.88 Å². The third-order valence-corrected chi connectivity index (χ3v) is 5.80. The fraction of sp³-hybridized carbons (Fsp3) is 0.0952. The Kier molecular flexibility index (Phi) is 4.36. The summed E-state index contributed by atoms with van der Waals surface area (Å²) in [5, 5.41) is 3.20. The molecule has 8 nitrogen and oxygen atoms in total. The molecule has 1 N–H and O–H groups in total. The van der Waals surface area contributed by atoms with Gasteiger partial charge in [0.05, 0.1) is 11.1 Å². The topological polar surface area (TPSA) is 105 Å². The number of aromatic nitrogens is 2. The summed E-state index contributed by atoms with van der Waals surface area (Å²) in [5.74, 6) is -0.866. The van der Waals surface area contributed by atoms with Crippen LogP contribution in [-0.2, 0) is 6.42 Å². The summed E-state index contributed by atoms with van der Waals surface area (Å²) < 4.78 is 5.17. The minimum absolute atomic E-state index is 0.255. The summed E-state index contributed by atoms with van der Waals surface area (Å²) in [6.07, 6.45) is 3.43. The Morgan fingerprint density at radius 1 is 1.07 bits per heavy atom. The van der Waals surface area contributed by atoms with Crippen molar-refractivity contribution in [2.45, 2.75) is 6.42 Å². The number of amides is 3. The number of thiazole rings is 1. The summed E-state index contributed by atoms with van der Waals surface area (Å²) in [4.78, 5) is 47.7. The third kappa shape index (κ3) is 3.15. The maximum absolute atomic E-state index is 12.5. The zero-order valence-electron chi connectivity index (χ0n) is 15.5. The lowest BCUT2D eigenvalue weighted by atomic mass is 10.1. The summed E-state index contributed by atoms with van der Waals surface area (Å²) in [6, 6.07) is 11.8. The van der Waals surface area contributed by atoms with Gasteiger partial charge < -0.3 is 4.42 Å². The molecule has 4 aromatic rings. The van der Waals surface area contributed by atoms with Crippen LogP contribution < -0.4 is 5.32 Å². The van der Waals surface area contributed by atoms with Crippen LogP contribution in [-0.4, -0.2) is 39.1 Å². The first kappa shape index (κ1) is 18.2. The van der Waals surface area contributed by atoms with Gasteiger partial charge in [-0.25, -0.2) is 9.97 Å². The number of nitrogens with zero attached hydrogens (tertiary/aromatic N) is 3. The van der Waals surface area contributed by atoms with Gasteiger partial charge in [-0.2, -0.15) is 0 Å². The highest BCUT2D eigenvalue weighted by Gasteiger charge is 2.34. The van der Waals surface area contributed by atoms with Crippen molar-refractivity contribution < 1.29 is 18.8 Å². The molecule has 9 heteroatoms. The summed E-state index contributed by atoms with van der Waals surface area (Å²) in [5.41, 5.74) is 2.52. The van der Waals surface area contributed by atoms with Gasteiger partial charge in [-0.05, 0) is 30.3 Å². The van der Waals surface area contributed by atoms with E-state index in [1.807, 2.05) is 0 Å². The molecule has 5 rings (SSSR count). The lowest BCUT2D eigenvalue weighted by molar-refractivity contribution is 0.0656. The van der Waals surface area contributed by atoms with Crippen molar-refractivity contribution in [1.82, 2.24) is 14.9 Å². The molecule has 3 amide bonds. The molecular formula is C21H14N4O4S. The van der Waals surface area contributed by atoms with Crippen LogP contribution in [0.1, 0.15) is 36.0 Å². The number of nitrogens with one attached hydrogen (secondary N) is 1. The second kappa shape index (κ2) is 7.20. The minimum atomic E-state index is -0.304. The normalized spacial score (nSPS) is 13.1. The van der Waals surface area contributed by atoms with Crippen LogP contribution in [0.25, 0.3) is 11.1 Å². The molecule has 30 heavy (non-hydrogen) atoms. The Labute approximate surface area is 174 Å². The van der Waals surface area contributed by atoms with E-state index in [0.29, 0.717) is 39.3 Å². The highest BCUT2D eigenvalue weighted by Crippen LogP contribution is 2.25. The van der Waals surface area contributed by atoms with Crippen LogP contribution in [0.4, 0.5) is 5.13 Å². The molecule has 0 unspecified atom stereocenters. The molecule has 2 aromatic carbocycles. The molecule has 3 heterocycles. The molecule has 0 bridgehead atoms. The van der Waals surface area contributed by atoms with Gasteiger partial charge in [0.1, 0.15) is 5.52 Å². The molecule has 1 aliphatic heterocycles. The second-order valence-corrected chi connectivity index (χ2v) is 7.79. The predicted octanol–water partition coefficient (Wildman–Crippen LogP) is 3.38. The van der Waals surface area contributed by atoms with Crippen LogP contribution in [0.2, 0.25) is 0 Å². The smallest absolute Gasteiger partial charge is 0.261 e. The Morgan fingerprint density at radius 2 is 1.83 bits per heavy atom. The molecule has 0 atom stereocenters. The van der Waals surface area contributed by atoms with Crippen LogP contribution in [0.5, 0.6) is 0 Å². The van der Waals surface area contributed by atoms with Crippen molar-refractivity contribution in [3.8, 4) is 0 Å². The predicted molar refractivity (Wildman–Crippen MR) is 110 cm³/mol. The van der Waals surface area contributed by atoms with Crippen molar-refractivity contribution in [3.05, 3.63) is 76.6 Å². The van der Waals surface area contributed by atoms with Gasteiger partial charge in [0.25, 0.3) is 17.7 Å². The number of rotatable bonds is 5. The number of imide groups is 1. The largest absolute Gasteiger partial charge is 0.443 e. The Bertz CT molecular complexity index is 1270. The van der Waals surface area contributed by atoms with E-state index < -0.39 is 0 Å². The van der Waals surface area contributed by atoms with Gasteiger partial charge in [0.2, 0.25) is 0 Å². The van der Waals surface area contributed by atoms with E-state index in [1.165, 1.54) is 22.6 Å². The van der Waals surface area contributed by atoms with E-state index in [4.69, 9.17) is 4.42 Å². The van der Waals surface area contributed by atoms with Crippen molar-refractivity contribution >= 4 is 45.3 Å². The quantitative estimate of drug-likeness (QED) is 0.498. The van der Waals surface area contributed by atoms with E-state index in [-0.39, 0.29) is 24.3 Å². The van der Waals surface area contributed by atoms with Crippen LogP contribution in [0, 0.1) is 0 Å². The number of hydrogen-bond acceptors (Lipinski definition) is 7. The van der Waals surface area contributed by atoms with E-state index in [1.54, 1.807) is 48.7 Å². The molecule has 0 saturated heterocycles. The van der Waals surface area contributed by atoms with Crippen LogP contribution in [0.3, 0.4) is 0 Å². The fourth-order valence-electron chi connectivity index (χ4n) is 3.31. The minimum Gasteiger partial charge on any atom is -0.443 e. The standard InChI is InChI=1S/C21H14N4O4S/c26-18(12-5-6-17-16(9-12)23-11-29-17)24-21-22-10-13(30-21)7-8-25-19(27)14-3-1-2-4-15(14)20(25)28/h1-6,9-11H,7-8H2,(H,22,24,26). The van der Waals surface area contributed by atoms with Crippen molar-refractivity contribution in [2.75, 3.05) is 11.9 Å². The van der Waals surface area contributed by atoms with E-state index >= 15 is 0 Å². The van der Waals surface area contributed by atoms with Gasteiger partial charge in [-0.3, -0.25) is 24.6 Å². The summed E-state index contributed by atoms with van der Waals surface area (Å²) >= 11 is 1.30. The number of oxazole rings is 1. The number of carbonyl (C=O) groups is 3. The first-order chi connectivity index (χ1) is 14.6. The third-order valence-electron chi connectivity index (χ3n) is 4.83. The number of hydrogen-bond donors (Lipinski definition) is 1. The molecule has 148 valence electrons. The average molecular weight is 418 g/mol. The molecule has 0 saturated carbocycles. The number of benzene rings is 2. The van der Waals surface area contributed by atoms with E-state index in [2.05, 4.69) is 15.3 Å². The molecule has 0 fully saturated rings. The first-order valence-electron chi connectivity index (χ1n) is 9.15. The SMILES string of the molecule is O=C(Nc1ncc(CCN2C(=O)c3ccccc3C2=O)s1)c1ccc2ocnc2c1. The Morgan fingerprint density at radius 3 is 2.60 bits per heavy atom. The van der Waals surface area contributed by atoms with Gasteiger partial charge in [0.15, 0.2) is 17.1 Å². The monoisotopic (exact) mass is 418 g/mol. The lowest BCUT2D eigenvalue weighted by Crippen LogP contribution is -2.31. The summed E-state index contributed by atoms with van der Waals surface area (Å²) in [6.45, 7) is 0.255. The molecule has 0 spiro atoms. The zero-order valence-corrected chi connectivity index (χ0v) is 16.3. The number of fused-ring (bicyclic) bond motifs is 2. The van der Waals surface area contributed by atoms with Crippen molar-refractivity contribution in [1.29, 1.82) is 0 Å². The Balaban J connectivity index is 1.23. The van der Waals surface area contributed by atoms with Gasteiger partial charge in [0, 0.05) is 29.6 Å². The number of carbonyl (C=O) groups excluding carboxylic acids is 3. The highest BCUT2D eigenvalue weighted by atomic mass is 32.1. The molecule has 1 aliphatic rings. The average Bonchev–Trinajstić information content (AvgIpc) is 3.46. The van der Waals surface area contributed by atoms with Crippen LogP contribution >= 0.6 is 11.3 Å². The maximum Gasteiger partial charge on any atom is 0.261 e. The van der Waals surface area contributed by atoms with Gasteiger partial charge in [-0.1, -0.05) is 12.1 Å². The first-order valence-corrected chi connectivity index (χ1v) is 9.96. The van der Waals surface area contributed by atoms with Gasteiger partial charge >= 0.3 is 0 Å². The van der Waals surface area contributed by atoms with Gasteiger partial charge in [-0.15, -0.1) is 11.3 Å². The second-order valence-electron chi connectivity index (χ2n) is 6.68. The van der Waals surface area contributed by atoms with Crippen molar-refractivity contribution in [3.63, 3.8) is 0 Å². The Hall–Kier alpha value is -3.85. The van der Waals surface area contributed by atoms with E-state index in [9.17, 15) is 14.4 Å². The molecule has 0 radical (unpaired) electrons. The lowest BCUT2D eigenvalue weighted by Gasteiger charge is -2.12. The molecular weight excluding hydrogens is 404 g/mol. The zero-order chi connectivity index (χ0) is 20.7. The fourth-order valence-corrected chi connectivity index (χ4v) is 4.11. The molecule has 0 aliphatic carbocycles. The number of anilines is 1. The summed E-state index contributed by atoms with van der Waals surface area (Å²) in [7, 11) is 0. The maximum atomic E-state index is 12.5. The van der Waals surface area contributed by atoms with Crippen LogP contribution in [0.15, 0.2) is 59.5 Å². The highest BCUT2D eigenvalue weighted by molar-refractivity contribution is 7.15. The van der Waals surface area contributed by atoms with Crippen molar-refractivity contribution in [2.24, 2.45) is 0 Å².